The van der Waals surface area contributed by atoms with Crippen LogP contribution in [0.15, 0.2) is 16.5 Å². The largest absolute Gasteiger partial charge is 0.394 e. The smallest absolute Gasteiger partial charge is 0.171 e. The van der Waals surface area contributed by atoms with Crippen LogP contribution in [0.3, 0.4) is 0 Å². The molecular weight excluding hydrogens is 455 g/mol. The molecule has 166 valence electrons. The lowest BCUT2D eigenvalue weighted by molar-refractivity contribution is 0.462. The maximum atomic E-state index is 15.5. The predicted octanol–water partition coefficient (Wildman–Crippen LogP) is 2.89. The van der Waals surface area contributed by atoms with Gasteiger partial charge < -0.3 is 5.73 Å². The lowest BCUT2D eigenvalue weighted by Crippen LogP contribution is -2.33. The number of allylic oxidation sites excluding steroid dienone is 2. The van der Waals surface area contributed by atoms with E-state index in [1.54, 1.807) is 0 Å². The maximum absolute atomic E-state index is 15.5. The molecule has 0 fully saturated rings. The summed E-state index contributed by atoms with van der Waals surface area (Å²) in [5, 5.41) is 21.2. The van der Waals surface area contributed by atoms with Gasteiger partial charge in [-0.25, -0.2) is 30.7 Å². The molecule has 2 aromatic carbocycles. The zero-order valence-corrected chi connectivity index (χ0v) is 16.2. The van der Waals surface area contributed by atoms with E-state index < -0.39 is 90.6 Å². The molecule has 0 aromatic heterocycles. The van der Waals surface area contributed by atoms with E-state index in [1.807, 2.05) is 0 Å². The Kier molecular flexibility index (Phi) is 5.85. The van der Waals surface area contributed by atoms with E-state index in [-0.39, 0.29) is 0 Å². The summed E-state index contributed by atoms with van der Waals surface area (Å²) in [4.78, 5) is 3.37. The van der Waals surface area contributed by atoms with Crippen molar-refractivity contribution in [3.8, 4) is 18.2 Å². The van der Waals surface area contributed by atoms with Gasteiger partial charge in [-0.3, -0.25) is 4.99 Å². The van der Waals surface area contributed by atoms with Crippen molar-refractivity contribution in [1.82, 2.24) is 0 Å². The lowest BCUT2D eigenvalue weighted by atomic mass is 9.80. The SMILES string of the molecule is CN=C/C(C#N)=c1\c(F)c(F)c2c(F)c3c(c(F)c2c1F)C(C(C#N)C#N)C(F)=C(N)C=3F. The van der Waals surface area contributed by atoms with Gasteiger partial charge in [-0.1, -0.05) is 0 Å². The van der Waals surface area contributed by atoms with Crippen molar-refractivity contribution in [2.75, 3.05) is 7.05 Å². The van der Waals surface area contributed by atoms with Gasteiger partial charge in [0.15, 0.2) is 17.5 Å². The third-order valence-electron chi connectivity index (χ3n) is 5.04. The molecule has 0 bridgehead atoms. The van der Waals surface area contributed by atoms with Gasteiger partial charge >= 0.3 is 0 Å². The fourth-order valence-electron chi connectivity index (χ4n) is 3.61. The summed E-state index contributed by atoms with van der Waals surface area (Å²) in [6, 6.07) is 3.94. The van der Waals surface area contributed by atoms with E-state index in [0.717, 1.165) is 7.05 Å². The Hall–Kier alpha value is -4.37. The first-order valence-corrected chi connectivity index (χ1v) is 8.76. The molecule has 0 radical (unpaired) electrons. The summed E-state index contributed by atoms with van der Waals surface area (Å²) in [7, 11) is 1.10. The van der Waals surface area contributed by atoms with E-state index in [0.29, 0.717) is 6.21 Å². The molecule has 3 rings (SSSR count). The summed E-state index contributed by atoms with van der Waals surface area (Å²) in [5.41, 5.74) is 1.62. The van der Waals surface area contributed by atoms with Crippen LogP contribution in [0.5, 0.6) is 0 Å². The number of fused-ring (bicyclic) bond motifs is 2. The van der Waals surface area contributed by atoms with E-state index in [9.17, 15) is 17.6 Å². The average Bonchev–Trinajstić information content (AvgIpc) is 2.79. The first-order valence-electron chi connectivity index (χ1n) is 8.76. The van der Waals surface area contributed by atoms with E-state index in [1.165, 1.54) is 18.2 Å². The topological polar surface area (TPSA) is 110 Å². The Morgan fingerprint density at radius 3 is 2.00 bits per heavy atom. The van der Waals surface area contributed by atoms with Crippen molar-refractivity contribution in [3.63, 3.8) is 0 Å². The number of benzene rings is 2. The van der Waals surface area contributed by atoms with Gasteiger partial charge in [0, 0.05) is 18.8 Å². The highest BCUT2D eigenvalue weighted by Crippen LogP contribution is 2.41. The Bertz CT molecular complexity index is 1540. The lowest BCUT2D eigenvalue weighted by Gasteiger charge is -2.24. The number of halogens is 7. The number of nitrogens with zero attached hydrogens (tertiary/aromatic N) is 4. The van der Waals surface area contributed by atoms with Crippen molar-refractivity contribution >= 4 is 28.4 Å². The van der Waals surface area contributed by atoms with Crippen LogP contribution in [0.25, 0.3) is 22.2 Å². The standard InChI is InChI=1S/C21H8F7N5/c1-33-5-7(4-31)9-14(22)12-13(18(26)17(9)25)16(24)11-10(15(12)23)8(6(2-29)3-30)19(27)21(32)20(11)28/h5-6,8H,32H2,1H3/b9-7-,33-5?. The summed E-state index contributed by atoms with van der Waals surface area (Å²) < 4.78 is 105. The van der Waals surface area contributed by atoms with Crippen LogP contribution in [0.4, 0.5) is 30.7 Å². The Balaban J connectivity index is 2.78. The Labute approximate surface area is 180 Å². The average molecular weight is 463 g/mol. The van der Waals surface area contributed by atoms with E-state index >= 15 is 13.2 Å². The fraction of sp³-hybridized carbons (Fsp3) is 0.143. The molecular formula is C21H8F7N5. The predicted molar refractivity (Wildman–Crippen MR) is 101 cm³/mol. The summed E-state index contributed by atoms with van der Waals surface area (Å²) >= 11 is 0. The number of nitrogens with two attached hydrogens (primary N) is 1. The molecule has 1 unspecified atom stereocenters. The third-order valence-corrected chi connectivity index (χ3v) is 5.04. The van der Waals surface area contributed by atoms with Crippen molar-refractivity contribution in [3.05, 3.63) is 56.6 Å². The fourth-order valence-corrected chi connectivity index (χ4v) is 3.61. The molecule has 1 aliphatic rings. The van der Waals surface area contributed by atoms with Crippen molar-refractivity contribution in [2.45, 2.75) is 5.92 Å². The van der Waals surface area contributed by atoms with Crippen LogP contribution in [-0.2, 0) is 0 Å². The quantitative estimate of drug-likeness (QED) is 0.420. The number of hydrogen-bond donors (Lipinski definition) is 1. The first kappa shape index (κ1) is 23.3. The van der Waals surface area contributed by atoms with Crippen molar-refractivity contribution in [1.29, 1.82) is 15.8 Å². The molecule has 5 nitrogen and oxygen atoms in total. The number of hydrogen-bond acceptors (Lipinski definition) is 5. The van der Waals surface area contributed by atoms with Crippen molar-refractivity contribution in [2.24, 2.45) is 16.6 Å². The molecule has 33 heavy (non-hydrogen) atoms. The van der Waals surface area contributed by atoms with Crippen LogP contribution in [-0.4, -0.2) is 13.3 Å². The number of aliphatic imine (C=N–C) groups is 1. The summed E-state index contributed by atoms with van der Waals surface area (Å²) in [6.45, 7) is 0. The highest BCUT2D eigenvalue weighted by Gasteiger charge is 2.40. The second kappa shape index (κ2) is 8.29. The zero-order chi connectivity index (χ0) is 24.8. The minimum atomic E-state index is -2.30. The Morgan fingerprint density at radius 2 is 1.48 bits per heavy atom. The second-order valence-electron chi connectivity index (χ2n) is 6.69. The van der Waals surface area contributed by atoms with Gasteiger partial charge in [-0.2, -0.15) is 15.8 Å². The van der Waals surface area contributed by atoms with E-state index in [2.05, 4.69) is 4.99 Å². The van der Waals surface area contributed by atoms with E-state index in [4.69, 9.17) is 21.5 Å². The van der Waals surface area contributed by atoms with Crippen LogP contribution < -0.4 is 16.2 Å². The van der Waals surface area contributed by atoms with Gasteiger partial charge in [0.05, 0.1) is 44.8 Å². The van der Waals surface area contributed by atoms with Crippen LogP contribution in [0.2, 0.25) is 0 Å². The minimum Gasteiger partial charge on any atom is -0.394 e. The molecule has 2 aromatic rings. The van der Waals surface area contributed by atoms with Gasteiger partial charge in [-0.05, 0) is 0 Å². The maximum Gasteiger partial charge on any atom is 0.171 e. The van der Waals surface area contributed by atoms with Gasteiger partial charge in [-0.15, -0.1) is 0 Å². The molecule has 12 heteroatoms. The second-order valence-corrected chi connectivity index (χ2v) is 6.69. The molecule has 0 spiro atoms. The highest BCUT2D eigenvalue weighted by atomic mass is 19.2. The third kappa shape index (κ3) is 3.09. The normalized spacial score (nSPS) is 16.7. The summed E-state index contributed by atoms with van der Waals surface area (Å²) in [6.07, 6.45) is 0.625. The van der Waals surface area contributed by atoms with Crippen LogP contribution in [0, 0.1) is 69.0 Å². The van der Waals surface area contributed by atoms with Crippen LogP contribution in [0.1, 0.15) is 11.5 Å². The molecule has 0 saturated heterocycles. The molecule has 0 saturated carbocycles. The monoisotopic (exact) mass is 463 g/mol. The minimum absolute atomic E-state index is 0.625. The van der Waals surface area contributed by atoms with Crippen LogP contribution >= 0.6 is 0 Å². The zero-order valence-electron chi connectivity index (χ0n) is 16.2. The highest BCUT2D eigenvalue weighted by molar-refractivity contribution is 6.09. The first-order chi connectivity index (χ1) is 15.6. The van der Waals surface area contributed by atoms with Crippen molar-refractivity contribution < 1.29 is 30.7 Å². The van der Waals surface area contributed by atoms with Gasteiger partial charge in [0.25, 0.3) is 0 Å². The molecule has 0 amide bonds. The summed E-state index contributed by atoms with van der Waals surface area (Å²) in [5.74, 6) is -18.3. The van der Waals surface area contributed by atoms with Gasteiger partial charge in [0.2, 0.25) is 0 Å². The van der Waals surface area contributed by atoms with Gasteiger partial charge in [0.1, 0.15) is 41.0 Å². The molecule has 0 aliphatic heterocycles. The molecule has 2 N–H and O–H groups in total. The molecule has 1 aliphatic carbocycles. The Morgan fingerprint density at radius 1 is 0.909 bits per heavy atom. The number of nitriles is 3. The molecule has 1 atom stereocenters. The molecule has 0 heterocycles. The number of rotatable bonds is 2.